The number of ether oxygens (including phenoxy) is 1. The topological polar surface area (TPSA) is 84.0 Å². The highest BCUT2D eigenvalue weighted by Gasteiger charge is 2.44. The molecular weight excluding hydrogens is 372 g/mol. The lowest BCUT2D eigenvalue weighted by molar-refractivity contribution is -0.153. The van der Waals surface area contributed by atoms with Gasteiger partial charge in [-0.1, -0.05) is 44.2 Å². The third kappa shape index (κ3) is 3.89. The number of carbonyl (C=O) groups excluding carboxylic acids is 4. The van der Waals surface area contributed by atoms with E-state index in [4.69, 9.17) is 4.74 Å². The summed E-state index contributed by atoms with van der Waals surface area (Å²) < 4.78 is 5.20. The fourth-order valence-corrected chi connectivity index (χ4v) is 3.25. The summed E-state index contributed by atoms with van der Waals surface area (Å²) in [5.41, 5.74) is 1.18. The average Bonchev–Trinajstić information content (AvgIpc) is 2.97. The van der Waals surface area contributed by atoms with Crippen molar-refractivity contribution in [1.82, 2.24) is 4.90 Å². The van der Waals surface area contributed by atoms with Crippen LogP contribution in [0.15, 0.2) is 54.6 Å². The first-order valence-corrected chi connectivity index (χ1v) is 9.28. The van der Waals surface area contributed by atoms with E-state index in [-0.39, 0.29) is 17.0 Å². The molecule has 0 saturated carbocycles. The van der Waals surface area contributed by atoms with Gasteiger partial charge in [0.25, 0.3) is 17.7 Å². The number of imide groups is 1. The number of likely N-dealkylation sites (N-methyl/N-ethyl adjacent to an activating group) is 1. The van der Waals surface area contributed by atoms with Gasteiger partial charge in [-0.3, -0.25) is 19.3 Å². The highest BCUT2D eigenvalue weighted by Crippen LogP contribution is 2.27. The van der Waals surface area contributed by atoms with Gasteiger partial charge < -0.3 is 9.64 Å². The second-order valence-electron chi connectivity index (χ2n) is 7.11. The van der Waals surface area contributed by atoms with Crippen LogP contribution in [0.3, 0.4) is 0 Å². The Bertz CT molecular complexity index is 920. The maximum atomic E-state index is 12.7. The molecule has 0 aliphatic carbocycles. The van der Waals surface area contributed by atoms with Gasteiger partial charge in [0.15, 0.2) is 6.61 Å². The number of hydrogen-bond acceptors (Lipinski definition) is 5. The first-order chi connectivity index (χ1) is 13.8. The van der Waals surface area contributed by atoms with Gasteiger partial charge in [-0.05, 0) is 30.2 Å². The van der Waals surface area contributed by atoms with E-state index in [1.165, 1.54) is 4.90 Å². The van der Waals surface area contributed by atoms with Crippen LogP contribution in [0.5, 0.6) is 0 Å². The number of hydrogen-bond donors (Lipinski definition) is 0. The molecule has 0 fully saturated rings. The van der Waals surface area contributed by atoms with E-state index in [9.17, 15) is 19.2 Å². The number of nitrogens with zero attached hydrogens (tertiary/aromatic N) is 2. The monoisotopic (exact) mass is 394 g/mol. The van der Waals surface area contributed by atoms with Crippen molar-refractivity contribution in [3.63, 3.8) is 0 Å². The molecule has 0 spiro atoms. The molecule has 1 aliphatic rings. The molecule has 1 aliphatic heterocycles. The molecular formula is C22H22N2O5. The summed E-state index contributed by atoms with van der Waals surface area (Å²) in [6.45, 7) is 2.94. The highest BCUT2D eigenvalue weighted by molar-refractivity contribution is 6.22. The van der Waals surface area contributed by atoms with Crippen LogP contribution in [0.4, 0.5) is 5.69 Å². The van der Waals surface area contributed by atoms with Crippen LogP contribution in [0.1, 0.15) is 34.6 Å². The zero-order valence-corrected chi connectivity index (χ0v) is 16.5. The van der Waals surface area contributed by atoms with Crippen molar-refractivity contribution in [3.05, 3.63) is 65.7 Å². The normalized spacial score (nSPS) is 14.0. The van der Waals surface area contributed by atoms with Crippen molar-refractivity contribution < 1.29 is 23.9 Å². The molecule has 0 N–H and O–H groups in total. The van der Waals surface area contributed by atoms with Gasteiger partial charge in [-0.25, -0.2) is 4.79 Å². The van der Waals surface area contributed by atoms with Crippen LogP contribution in [0, 0.1) is 5.92 Å². The first kappa shape index (κ1) is 20.3. The van der Waals surface area contributed by atoms with Crippen LogP contribution in [-0.2, 0) is 14.3 Å². The lowest BCUT2D eigenvalue weighted by Crippen LogP contribution is -2.49. The summed E-state index contributed by atoms with van der Waals surface area (Å²) in [4.78, 5) is 52.8. The summed E-state index contributed by atoms with van der Waals surface area (Å²) in [6, 6.07) is 14.2. The van der Waals surface area contributed by atoms with Crippen molar-refractivity contribution in [2.45, 2.75) is 19.9 Å². The molecule has 7 heteroatoms. The van der Waals surface area contributed by atoms with Gasteiger partial charge in [-0.2, -0.15) is 0 Å². The summed E-state index contributed by atoms with van der Waals surface area (Å²) in [5, 5.41) is 0. The number of esters is 1. The zero-order chi connectivity index (χ0) is 21.1. The third-order valence-corrected chi connectivity index (χ3v) is 4.83. The Balaban J connectivity index is 1.72. The molecule has 29 heavy (non-hydrogen) atoms. The molecule has 0 aromatic heterocycles. The van der Waals surface area contributed by atoms with Crippen LogP contribution in [0.25, 0.3) is 0 Å². The van der Waals surface area contributed by atoms with Crippen molar-refractivity contribution >= 4 is 29.4 Å². The van der Waals surface area contributed by atoms with Gasteiger partial charge in [-0.15, -0.1) is 0 Å². The number of fused-ring (bicyclic) bond motifs is 1. The maximum absolute atomic E-state index is 12.7. The van der Waals surface area contributed by atoms with Gasteiger partial charge in [0.05, 0.1) is 11.1 Å². The van der Waals surface area contributed by atoms with Crippen LogP contribution in [-0.4, -0.2) is 48.3 Å². The number of rotatable bonds is 6. The summed E-state index contributed by atoms with van der Waals surface area (Å²) >= 11 is 0. The van der Waals surface area contributed by atoms with Gasteiger partial charge in [0, 0.05) is 12.7 Å². The summed E-state index contributed by atoms with van der Waals surface area (Å²) in [5.74, 6) is -2.66. The van der Waals surface area contributed by atoms with Crippen molar-refractivity contribution in [1.29, 1.82) is 0 Å². The molecule has 7 nitrogen and oxygen atoms in total. The third-order valence-electron chi connectivity index (χ3n) is 4.83. The van der Waals surface area contributed by atoms with E-state index in [1.54, 1.807) is 69.4 Å². The molecule has 2 aromatic carbocycles. The number of benzene rings is 2. The molecule has 0 saturated heterocycles. The second kappa shape index (κ2) is 8.26. The fraction of sp³-hybridized carbons (Fsp3) is 0.273. The fourth-order valence-electron chi connectivity index (χ4n) is 3.25. The standard InChI is InChI=1S/C22H22N2O5/c1-14(2)19(24-20(26)16-11-7-8-12-17(16)21(24)27)22(28)29-13-18(25)23(3)15-9-5-4-6-10-15/h4-12,14,19H,13H2,1-3H3. The highest BCUT2D eigenvalue weighted by atomic mass is 16.5. The summed E-state index contributed by atoms with van der Waals surface area (Å²) in [6.07, 6.45) is 0. The minimum absolute atomic E-state index is 0.260. The van der Waals surface area contributed by atoms with Crippen molar-refractivity contribution in [3.8, 4) is 0 Å². The van der Waals surface area contributed by atoms with Gasteiger partial charge in [0.2, 0.25) is 0 Å². The zero-order valence-electron chi connectivity index (χ0n) is 16.5. The Morgan fingerprint density at radius 1 is 0.931 bits per heavy atom. The largest absolute Gasteiger partial charge is 0.454 e. The predicted octanol–water partition coefficient (Wildman–Crippen LogP) is 2.51. The molecule has 3 amide bonds. The Hall–Kier alpha value is -3.48. The molecule has 3 rings (SSSR count). The van der Waals surface area contributed by atoms with E-state index in [1.807, 2.05) is 6.07 Å². The summed E-state index contributed by atoms with van der Waals surface area (Å²) in [7, 11) is 1.58. The number of anilines is 1. The lowest BCUT2D eigenvalue weighted by Gasteiger charge is -2.27. The Morgan fingerprint density at radius 2 is 1.45 bits per heavy atom. The lowest BCUT2D eigenvalue weighted by atomic mass is 10.0. The van der Waals surface area contributed by atoms with Gasteiger partial charge in [0.1, 0.15) is 6.04 Å². The van der Waals surface area contributed by atoms with E-state index < -0.39 is 36.3 Å². The number of carbonyl (C=O) groups is 4. The van der Waals surface area contributed by atoms with Crippen LogP contribution in [0.2, 0.25) is 0 Å². The van der Waals surface area contributed by atoms with E-state index in [0.29, 0.717) is 5.69 Å². The maximum Gasteiger partial charge on any atom is 0.330 e. The van der Waals surface area contributed by atoms with E-state index >= 15 is 0 Å². The van der Waals surface area contributed by atoms with E-state index in [0.717, 1.165) is 4.90 Å². The Labute approximate surface area is 168 Å². The number of amides is 3. The minimum atomic E-state index is -1.11. The van der Waals surface area contributed by atoms with Gasteiger partial charge >= 0.3 is 5.97 Å². The smallest absolute Gasteiger partial charge is 0.330 e. The SMILES string of the molecule is CC(C)C(C(=O)OCC(=O)N(C)c1ccccc1)N1C(=O)c2ccccc2C1=O. The first-order valence-electron chi connectivity index (χ1n) is 9.28. The van der Waals surface area contributed by atoms with Crippen molar-refractivity contribution in [2.75, 3.05) is 18.6 Å². The molecule has 0 radical (unpaired) electrons. The van der Waals surface area contributed by atoms with Crippen LogP contribution >= 0.6 is 0 Å². The quantitative estimate of drug-likeness (QED) is 0.555. The molecule has 2 aromatic rings. The molecule has 1 atom stereocenters. The molecule has 1 heterocycles. The number of para-hydroxylation sites is 1. The van der Waals surface area contributed by atoms with E-state index in [2.05, 4.69) is 0 Å². The van der Waals surface area contributed by atoms with Crippen molar-refractivity contribution in [2.24, 2.45) is 5.92 Å². The minimum Gasteiger partial charge on any atom is -0.454 e. The molecule has 0 bridgehead atoms. The van der Waals surface area contributed by atoms with Crippen LogP contribution < -0.4 is 4.90 Å². The molecule has 1 unspecified atom stereocenters. The Kier molecular flexibility index (Phi) is 5.77. The Morgan fingerprint density at radius 3 is 1.97 bits per heavy atom. The second-order valence-corrected chi connectivity index (χ2v) is 7.11. The molecule has 150 valence electrons. The average molecular weight is 394 g/mol. The predicted molar refractivity (Wildman–Crippen MR) is 106 cm³/mol.